The molecule has 7 nitrogen and oxygen atoms in total. The maximum absolute atomic E-state index is 11.5. The Morgan fingerprint density at radius 2 is 1.97 bits per heavy atom. The predicted octanol–water partition coefficient (Wildman–Crippen LogP) is 2.49. The number of hydrogen-bond donors (Lipinski definition) is 3. The summed E-state index contributed by atoms with van der Waals surface area (Å²) in [5, 5.41) is 10.2. The fraction of sp³-hybridized carbons (Fsp3) is 0.600. The Morgan fingerprint density at radius 1 is 1.31 bits per heavy atom. The van der Waals surface area contributed by atoms with Gasteiger partial charge in [0.25, 0.3) is 0 Å². The molecule has 1 aromatic carbocycles. The number of ether oxygens (including phenoxy) is 1. The maximum Gasteiger partial charge on any atom is 0.233 e. The summed E-state index contributed by atoms with van der Waals surface area (Å²) in [4.78, 5) is 18.4. The van der Waals surface area contributed by atoms with Gasteiger partial charge in [0.15, 0.2) is 5.96 Å². The highest BCUT2D eigenvalue weighted by Gasteiger charge is 2.21. The van der Waals surface area contributed by atoms with Gasteiger partial charge in [0.05, 0.1) is 13.1 Å². The van der Waals surface area contributed by atoms with Gasteiger partial charge in [0, 0.05) is 37.7 Å². The zero-order chi connectivity index (χ0) is 20.4. The molecule has 3 N–H and O–H groups in total. The number of halogens is 2. The number of aliphatic imine (C=N–C) groups is 1. The van der Waals surface area contributed by atoms with Crippen LogP contribution in [-0.4, -0.2) is 68.7 Å². The highest BCUT2D eigenvalue weighted by molar-refractivity contribution is 14.0. The van der Waals surface area contributed by atoms with Gasteiger partial charge in [0.1, 0.15) is 11.9 Å². The SMILES string of the molecule is CCNC(=NCC(C)Oc1ccc(Cl)cc1)NC1CCN(CC(=O)NC)CC1.I. The van der Waals surface area contributed by atoms with Gasteiger partial charge in [0.2, 0.25) is 5.91 Å². The molecule has 1 amide bonds. The predicted molar refractivity (Wildman–Crippen MR) is 130 cm³/mol. The van der Waals surface area contributed by atoms with Gasteiger partial charge < -0.3 is 20.7 Å². The summed E-state index contributed by atoms with van der Waals surface area (Å²) >= 11 is 5.90. The second kappa shape index (κ2) is 13.9. The summed E-state index contributed by atoms with van der Waals surface area (Å²) in [5.74, 6) is 1.66. The first-order valence-electron chi connectivity index (χ1n) is 9.90. The lowest BCUT2D eigenvalue weighted by molar-refractivity contribution is -0.122. The number of hydrogen-bond acceptors (Lipinski definition) is 4. The van der Waals surface area contributed by atoms with Crippen LogP contribution in [-0.2, 0) is 4.79 Å². The fourth-order valence-corrected chi connectivity index (χ4v) is 3.16. The number of rotatable bonds is 8. The van der Waals surface area contributed by atoms with E-state index < -0.39 is 0 Å². The second-order valence-electron chi connectivity index (χ2n) is 6.97. The quantitative estimate of drug-likeness (QED) is 0.270. The van der Waals surface area contributed by atoms with E-state index >= 15 is 0 Å². The van der Waals surface area contributed by atoms with Gasteiger partial charge in [-0.3, -0.25) is 9.69 Å². The van der Waals surface area contributed by atoms with Crippen LogP contribution in [0.1, 0.15) is 26.7 Å². The normalized spacial score (nSPS) is 16.5. The molecule has 1 heterocycles. The highest BCUT2D eigenvalue weighted by Crippen LogP contribution is 2.17. The molecule has 9 heteroatoms. The van der Waals surface area contributed by atoms with Crippen LogP contribution in [0.3, 0.4) is 0 Å². The van der Waals surface area contributed by atoms with Crippen molar-refractivity contribution >= 4 is 47.4 Å². The summed E-state index contributed by atoms with van der Waals surface area (Å²) < 4.78 is 5.88. The number of carbonyl (C=O) groups excluding carboxylic acids is 1. The molecule has 2 rings (SSSR count). The molecule has 1 aromatic rings. The van der Waals surface area contributed by atoms with Crippen molar-refractivity contribution < 1.29 is 9.53 Å². The Labute approximate surface area is 196 Å². The molecular weight excluding hydrogens is 505 g/mol. The van der Waals surface area contributed by atoms with E-state index in [0.717, 1.165) is 44.2 Å². The second-order valence-corrected chi connectivity index (χ2v) is 7.41. The molecule has 29 heavy (non-hydrogen) atoms. The Balaban J connectivity index is 0.00000420. The van der Waals surface area contributed by atoms with Crippen LogP contribution >= 0.6 is 35.6 Å². The minimum absolute atomic E-state index is 0. The summed E-state index contributed by atoms with van der Waals surface area (Å²) in [7, 11) is 1.67. The highest BCUT2D eigenvalue weighted by atomic mass is 127. The summed E-state index contributed by atoms with van der Waals surface area (Å²) in [6, 6.07) is 7.70. The number of likely N-dealkylation sites (tertiary alicyclic amines) is 1. The minimum atomic E-state index is -0.0500. The fourth-order valence-electron chi connectivity index (χ4n) is 3.03. The molecule has 0 spiro atoms. The zero-order valence-electron chi connectivity index (χ0n) is 17.4. The van der Waals surface area contributed by atoms with Crippen molar-refractivity contribution in [3.05, 3.63) is 29.3 Å². The number of benzene rings is 1. The van der Waals surface area contributed by atoms with E-state index in [1.807, 2.05) is 31.2 Å². The van der Waals surface area contributed by atoms with Gasteiger partial charge in [-0.15, -0.1) is 24.0 Å². The summed E-state index contributed by atoms with van der Waals surface area (Å²) in [6.45, 7) is 7.68. The first-order valence-corrected chi connectivity index (χ1v) is 10.3. The van der Waals surface area contributed by atoms with E-state index in [-0.39, 0.29) is 36.0 Å². The Hall–Kier alpha value is -1.26. The summed E-state index contributed by atoms with van der Waals surface area (Å²) in [6.07, 6.45) is 1.92. The van der Waals surface area contributed by atoms with Crippen molar-refractivity contribution in [2.75, 3.05) is 39.8 Å². The topological polar surface area (TPSA) is 78.0 Å². The standard InChI is InChI=1S/C20H32ClN5O2.HI/c1-4-23-20(24-13-15(2)28-18-7-5-16(21)6-8-18)25-17-9-11-26(12-10-17)14-19(27)22-3;/h5-8,15,17H,4,9-14H2,1-3H3,(H,22,27)(H2,23,24,25);1H. The van der Waals surface area contributed by atoms with Gasteiger partial charge in [-0.1, -0.05) is 11.6 Å². The average molecular weight is 538 g/mol. The van der Waals surface area contributed by atoms with E-state index in [0.29, 0.717) is 24.2 Å². The molecule has 1 aliphatic heterocycles. The molecule has 1 aliphatic rings. The molecule has 1 atom stereocenters. The lowest BCUT2D eigenvalue weighted by atomic mass is 10.1. The smallest absolute Gasteiger partial charge is 0.233 e. The number of likely N-dealkylation sites (N-methyl/N-ethyl adjacent to an activating group) is 1. The van der Waals surface area contributed by atoms with Crippen molar-refractivity contribution in [1.29, 1.82) is 0 Å². The molecule has 1 saturated heterocycles. The number of piperidine rings is 1. The molecule has 0 aromatic heterocycles. The average Bonchev–Trinajstić information content (AvgIpc) is 2.69. The number of guanidine groups is 1. The van der Waals surface area contributed by atoms with Crippen molar-refractivity contribution in [3.8, 4) is 5.75 Å². The number of carbonyl (C=O) groups is 1. The largest absolute Gasteiger partial charge is 0.489 e. The number of nitrogens with zero attached hydrogens (tertiary/aromatic N) is 2. The van der Waals surface area contributed by atoms with Crippen LogP contribution in [0.4, 0.5) is 0 Å². The molecule has 0 aliphatic carbocycles. The number of amides is 1. The summed E-state index contributed by atoms with van der Waals surface area (Å²) in [5.41, 5.74) is 0. The molecule has 0 bridgehead atoms. The Kier molecular flexibility index (Phi) is 12.3. The zero-order valence-corrected chi connectivity index (χ0v) is 20.5. The first kappa shape index (κ1) is 25.8. The van der Waals surface area contributed by atoms with Crippen LogP contribution in [0.25, 0.3) is 0 Å². The lowest BCUT2D eigenvalue weighted by Crippen LogP contribution is -2.50. The van der Waals surface area contributed by atoms with Crippen LogP contribution in [0.15, 0.2) is 29.3 Å². The van der Waals surface area contributed by atoms with Crippen molar-refractivity contribution in [1.82, 2.24) is 20.9 Å². The number of nitrogens with one attached hydrogen (secondary N) is 3. The van der Waals surface area contributed by atoms with E-state index in [1.165, 1.54) is 0 Å². The lowest BCUT2D eigenvalue weighted by Gasteiger charge is -2.32. The van der Waals surface area contributed by atoms with Gasteiger partial charge >= 0.3 is 0 Å². The third kappa shape index (κ3) is 9.86. The van der Waals surface area contributed by atoms with Crippen LogP contribution in [0.5, 0.6) is 5.75 Å². The van der Waals surface area contributed by atoms with E-state index in [4.69, 9.17) is 16.3 Å². The van der Waals surface area contributed by atoms with Crippen LogP contribution in [0, 0.1) is 0 Å². The maximum atomic E-state index is 11.5. The molecule has 164 valence electrons. The van der Waals surface area contributed by atoms with Gasteiger partial charge in [-0.2, -0.15) is 0 Å². The Morgan fingerprint density at radius 3 is 2.55 bits per heavy atom. The molecular formula is C20H33ClIN5O2. The molecule has 0 radical (unpaired) electrons. The minimum Gasteiger partial charge on any atom is -0.489 e. The molecule has 1 unspecified atom stereocenters. The molecule has 1 fully saturated rings. The van der Waals surface area contributed by atoms with Crippen molar-refractivity contribution in [3.63, 3.8) is 0 Å². The van der Waals surface area contributed by atoms with Crippen molar-refractivity contribution in [2.45, 2.75) is 38.8 Å². The van der Waals surface area contributed by atoms with E-state index in [2.05, 4.69) is 32.8 Å². The first-order chi connectivity index (χ1) is 13.5. The van der Waals surface area contributed by atoms with E-state index in [1.54, 1.807) is 7.05 Å². The third-order valence-electron chi connectivity index (χ3n) is 4.58. The van der Waals surface area contributed by atoms with Crippen LogP contribution < -0.4 is 20.7 Å². The van der Waals surface area contributed by atoms with E-state index in [9.17, 15) is 4.79 Å². The Bertz CT molecular complexity index is 636. The monoisotopic (exact) mass is 537 g/mol. The third-order valence-corrected chi connectivity index (χ3v) is 4.83. The van der Waals surface area contributed by atoms with Crippen molar-refractivity contribution in [2.24, 2.45) is 4.99 Å². The van der Waals surface area contributed by atoms with Crippen LogP contribution in [0.2, 0.25) is 5.02 Å². The van der Waals surface area contributed by atoms with Gasteiger partial charge in [-0.25, -0.2) is 4.99 Å². The molecule has 0 saturated carbocycles. The van der Waals surface area contributed by atoms with Gasteiger partial charge in [-0.05, 0) is 51.0 Å².